The SMILES string of the molecule is COc1ccc(Cl)cc1C(Cl)C1CCCc2ccccc21. The first-order chi connectivity index (χ1) is 10.2. The van der Waals surface area contributed by atoms with Gasteiger partial charge in [0.25, 0.3) is 0 Å². The van der Waals surface area contributed by atoms with Crippen molar-refractivity contribution in [2.75, 3.05) is 7.11 Å². The number of benzene rings is 2. The maximum absolute atomic E-state index is 6.83. The Morgan fingerprint density at radius 1 is 1.19 bits per heavy atom. The highest BCUT2D eigenvalue weighted by Crippen LogP contribution is 2.46. The Bertz CT molecular complexity index is 639. The van der Waals surface area contributed by atoms with Crippen LogP contribution < -0.4 is 4.74 Å². The lowest BCUT2D eigenvalue weighted by molar-refractivity contribution is 0.405. The third-order valence-electron chi connectivity index (χ3n) is 4.26. The molecule has 0 saturated carbocycles. The largest absolute Gasteiger partial charge is 0.496 e. The lowest BCUT2D eigenvalue weighted by atomic mass is 9.79. The van der Waals surface area contributed by atoms with Gasteiger partial charge in [0.05, 0.1) is 12.5 Å². The summed E-state index contributed by atoms with van der Waals surface area (Å²) < 4.78 is 5.46. The average Bonchev–Trinajstić information content (AvgIpc) is 2.53. The molecule has 3 heteroatoms. The van der Waals surface area contributed by atoms with Gasteiger partial charge in [-0.25, -0.2) is 0 Å². The zero-order valence-corrected chi connectivity index (χ0v) is 13.5. The molecule has 1 aliphatic rings. The van der Waals surface area contributed by atoms with Crippen molar-refractivity contribution in [1.29, 1.82) is 0 Å². The predicted molar refractivity (Wildman–Crippen MR) is 88.7 cm³/mol. The number of alkyl halides is 1. The predicted octanol–water partition coefficient (Wildman–Crippen LogP) is 5.75. The topological polar surface area (TPSA) is 9.23 Å². The van der Waals surface area contributed by atoms with Gasteiger partial charge in [0.1, 0.15) is 5.75 Å². The summed E-state index contributed by atoms with van der Waals surface area (Å²) >= 11 is 13.0. The number of hydrogen-bond acceptors (Lipinski definition) is 1. The summed E-state index contributed by atoms with van der Waals surface area (Å²) in [5, 5.41) is 0.570. The molecule has 21 heavy (non-hydrogen) atoms. The van der Waals surface area contributed by atoms with Gasteiger partial charge in [-0.3, -0.25) is 0 Å². The van der Waals surface area contributed by atoms with Gasteiger partial charge in [0.15, 0.2) is 0 Å². The Hall–Kier alpha value is -1.18. The first kappa shape index (κ1) is 14.7. The molecule has 1 nitrogen and oxygen atoms in total. The molecule has 0 aromatic heterocycles. The fraction of sp³-hybridized carbons (Fsp3) is 0.333. The van der Waals surface area contributed by atoms with Crippen LogP contribution in [0.15, 0.2) is 42.5 Å². The van der Waals surface area contributed by atoms with Crippen LogP contribution in [-0.4, -0.2) is 7.11 Å². The number of halogens is 2. The monoisotopic (exact) mass is 320 g/mol. The highest BCUT2D eigenvalue weighted by Gasteiger charge is 2.29. The Balaban J connectivity index is 2.00. The van der Waals surface area contributed by atoms with E-state index >= 15 is 0 Å². The summed E-state index contributed by atoms with van der Waals surface area (Å²) in [6.45, 7) is 0. The van der Waals surface area contributed by atoms with Crippen molar-refractivity contribution in [3.8, 4) is 5.75 Å². The number of methoxy groups -OCH3 is 1. The Morgan fingerprint density at radius 3 is 2.81 bits per heavy atom. The fourth-order valence-electron chi connectivity index (χ4n) is 3.23. The fourth-order valence-corrected chi connectivity index (χ4v) is 3.85. The summed E-state index contributed by atoms with van der Waals surface area (Å²) in [5.41, 5.74) is 3.76. The van der Waals surface area contributed by atoms with Crippen LogP contribution in [-0.2, 0) is 6.42 Å². The normalized spacial score (nSPS) is 18.9. The first-order valence-corrected chi connectivity index (χ1v) is 8.07. The summed E-state index contributed by atoms with van der Waals surface area (Å²) in [6.07, 6.45) is 3.41. The Labute approximate surface area is 135 Å². The van der Waals surface area contributed by atoms with Crippen molar-refractivity contribution in [2.24, 2.45) is 0 Å². The van der Waals surface area contributed by atoms with Crippen molar-refractivity contribution in [2.45, 2.75) is 30.6 Å². The van der Waals surface area contributed by atoms with Gasteiger partial charge in [-0.05, 0) is 48.6 Å². The number of hydrogen-bond donors (Lipinski definition) is 0. The smallest absolute Gasteiger partial charge is 0.123 e. The second kappa shape index (κ2) is 6.29. The molecule has 2 aromatic carbocycles. The zero-order chi connectivity index (χ0) is 14.8. The van der Waals surface area contributed by atoms with Gasteiger partial charge in [-0.15, -0.1) is 11.6 Å². The second-order valence-corrected chi connectivity index (χ2v) is 6.39. The number of fused-ring (bicyclic) bond motifs is 1. The van der Waals surface area contributed by atoms with Crippen LogP contribution in [0.1, 0.15) is 40.8 Å². The van der Waals surface area contributed by atoms with Crippen LogP contribution in [0.25, 0.3) is 0 Å². The van der Waals surface area contributed by atoms with Crippen molar-refractivity contribution in [3.05, 3.63) is 64.2 Å². The standard InChI is InChI=1S/C18H18Cl2O/c1-21-17-10-9-13(19)11-16(17)18(20)15-8-4-6-12-5-2-3-7-14(12)15/h2-3,5,7,9-11,15,18H,4,6,8H2,1H3. The van der Waals surface area contributed by atoms with Crippen LogP contribution in [0.2, 0.25) is 5.02 Å². The van der Waals surface area contributed by atoms with E-state index in [9.17, 15) is 0 Å². The number of rotatable bonds is 3. The van der Waals surface area contributed by atoms with Crippen molar-refractivity contribution in [1.82, 2.24) is 0 Å². The van der Waals surface area contributed by atoms with E-state index in [1.54, 1.807) is 7.11 Å². The molecule has 0 amide bonds. The molecule has 1 aliphatic carbocycles. The van der Waals surface area contributed by atoms with E-state index in [1.165, 1.54) is 17.5 Å². The zero-order valence-electron chi connectivity index (χ0n) is 12.0. The third-order valence-corrected chi connectivity index (χ3v) is 5.03. The molecule has 0 saturated heterocycles. The van der Waals surface area contributed by atoms with Gasteiger partial charge in [0.2, 0.25) is 0 Å². The molecule has 0 radical (unpaired) electrons. The number of aryl methyl sites for hydroxylation is 1. The minimum atomic E-state index is -0.125. The molecule has 2 unspecified atom stereocenters. The second-order valence-electron chi connectivity index (χ2n) is 5.49. The lowest BCUT2D eigenvalue weighted by Crippen LogP contribution is -2.14. The van der Waals surface area contributed by atoms with E-state index < -0.39 is 0 Å². The summed E-state index contributed by atoms with van der Waals surface area (Å²) in [5.74, 6) is 1.12. The molecule has 0 spiro atoms. The van der Waals surface area contributed by atoms with E-state index in [1.807, 2.05) is 18.2 Å². The quantitative estimate of drug-likeness (QED) is 0.654. The highest BCUT2D eigenvalue weighted by atomic mass is 35.5. The van der Waals surface area contributed by atoms with Crippen molar-refractivity contribution >= 4 is 23.2 Å². The molecule has 0 heterocycles. The summed E-state index contributed by atoms with van der Waals surface area (Å²) in [6, 6.07) is 14.3. The van der Waals surface area contributed by atoms with Gasteiger partial charge >= 0.3 is 0 Å². The van der Waals surface area contributed by atoms with Gasteiger partial charge in [0, 0.05) is 16.5 Å². The molecule has 0 N–H and O–H groups in total. The van der Waals surface area contributed by atoms with Crippen molar-refractivity contribution in [3.63, 3.8) is 0 Å². The Kier molecular flexibility index (Phi) is 4.42. The van der Waals surface area contributed by atoms with Gasteiger partial charge in [-0.2, -0.15) is 0 Å². The van der Waals surface area contributed by atoms with Gasteiger partial charge < -0.3 is 4.74 Å². The summed E-state index contributed by atoms with van der Waals surface area (Å²) in [4.78, 5) is 0. The number of ether oxygens (including phenoxy) is 1. The maximum Gasteiger partial charge on any atom is 0.123 e. The van der Waals surface area contributed by atoms with E-state index in [0.717, 1.165) is 24.2 Å². The van der Waals surface area contributed by atoms with E-state index in [-0.39, 0.29) is 5.38 Å². The third kappa shape index (κ3) is 2.90. The molecule has 2 atom stereocenters. The minimum Gasteiger partial charge on any atom is -0.496 e. The molecular formula is C18H18Cl2O. The molecule has 0 fully saturated rings. The average molecular weight is 321 g/mol. The van der Waals surface area contributed by atoms with E-state index in [2.05, 4.69) is 24.3 Å². The molecule has 3 rings (SSSR count). The van der Waals surface area contributed by atoms with E-state index in [4.69, 9.17) is 27.9 Å². The molecule has 110 valence electrons. The lowest BCUT2D eigenvalue weighted by Gasteiger charge is -2.30. The first-order valence-electron chi connectivity index (χ1n) is 7.26. The minimum absolute atomic E-state index is 0.125. The summed E-state index contributed by atoms with van der Waals surface area (Å²) in [7, 11) is 1.67. The molecule has 0 bridgehead atoms. The molecule has 2 aromatic rings. The van der Waals surface area contributed by atoms with E-state index in [0.29, 0.717) is 10.9 Å². The van der Waals surface area contributed by atoms with Crippen LogP contribution in [0.5, 0.6) is 5.75 Å². The maximum atomic E-state index is 6.83. The van der Waals surface area contributed by atoms with Crippen LogP contribution >= 0.6 is 23.2 Å². The van der Waals surface area contributed by atoms with Crippen LogP contribution in [0.3, 0.4) is 0 Å². The molecule has 0 aliphatic heterocycles. The van der Waals surface area contributed by atoms with Crippen LogP contribution in [0, 0.1) is 0 Å². The highest BCUT2D eigenvalue weighted by molar-refractivity contribution is 6.31. The molecular weight excluding hydrogens is 303 g/mol. The van der Waals surface area contributed by atoms with Crippen LogP contribution in [0.4, 0.5) is 0 Å². The Morgan fingerprint density at radius 2 is 2.00 bits per heavy atom. The van der Waals surface area contributed by atoms with Crippen molar-refractivity contribution < 1.29 is 4.74 Å². The van der Waals surface area contributed by atoms with Gasteiger partial charge in [-0.1, -0.05) is 35.9 Å².